The molecule has 2 aromatic rings. The van der Waals surface area contributed by atoms with E-state index in [2.05, 4.69) is 38.1 Å². The van der Waals surface area contributed by atoms with E-state index in [9.17, 15) is 0 Å². The Bertz CT molecular complexity index is 545. The van der Waals surface area contributed by atoms with E-state index in [-0.39, 0.29) is 0 Å². The molecule has 0 aliphatic carbocycles. The van der Waals surface area contributed by atoms with E-state index in [4.69, 9.17) is 9.47 Å². The maximum Gasteiger partial charge on any atom is 0.161 e. The first kappa shape index (κ1) is 13.9. The van der Waals surface area contributed by atoms with Gasteiger partial charge in [-0.3, -0.25) is 0 Å². The van der Waals surface area contributed by atoms with Crippen LogP contribution in [0, 0.1) is 0 Å². The highest BCUT2D eigenvalue weighted by molar-refractivity contribution is 7.12. The van der Waals surface area contributed by atoms with Crippen LogP contribution >= 0.6 is 11.3 Å². The Labute approximate surface area is 119 Å². The minimum Gasteiger partial charge on any atom is -0.493 e. The Kier molecular flexibility index (Phi) is 4.48. The minimum absolute atomic E-state index is 0.380. The van der Waals surface area contributed by atoms with Gasteiger partial charge in [-0.1, -0.05) is 19.9 Å². The molecule has 0 saturated carbocycles. The number of ether oxygens (including phenoxy) is 2. The van der Waals surface area contributed by atoms with Crippen LogP contribution in [0.5, 0.6) is 11.5 Å². The third-order valence-electron chi connectivity index (χ3n) is 3.37. The van der Waals surface area contributed by atoms with Crippen LogP contribution in [0.25, 0.3) is 0 Å². The van der Waals surface area contributed by atoms with E-state index in [1.807, 2.05) is 17.4 Å². The molecule has 0 aliphatic heterocycles. The third kappa shape index (κ3) is 2.92. The number of aryl methyl sites for hydroxylation is 1. The maximum absolute atomic E-state index is 5.37. The Balaban J connectivity index is 2.30. The van der Waals surface area contributed by atoms with Gasteiger partial charge in [-0.25, -0.2) is 0 Å². The first-order valence-corrected chi connectivity index (χ1v) is 7.31. The van der Waals surface area contributed by atoms with Crippen LogP contribution in [0.2, 0.25) is 0 Å². The van der Waals surface area contributed by atoms with Crippen LogP contribution in [0.3, 0.4) is 0 Å². The summed E-state index contributed by atoms with van der Waals surface area (Å²) in [6.07, 6.45) is 1.10. The molecule has 1 atom stereocenters. The summed E-state index contributed by atoms with van der Waals surface area (Å²) in [5.41, 5.74) is 1.25. The molecular formula is C16H20O2S. The van der Waals surface area contributed by atoms with Gasteiger partial charge in [0.05, 0.1) is 14.2 Å². The molecular weight excluding hydrogens is 256 g/mol. The molecule has 0 fully saturated rings. The monoisotopic (exact) mass is 276 g/mol. The molecule has 0 bridgehead atoms. The average Bonchev–Trinajstić information content (AvgIpc) is 2.94. The summed E-state index contributed by atoms with van der Waals surface area (Å²) in [5, 5.41) is 0. The average molecular weight is 276 g/mol. The lowest BCUT2D eigenvalue weighted by Gasteiger charge is -2.13. The molecule has 2 rings (SSSR count). The van der Waals surface area contributed by atoms with Gasteiger partial charge in [0.25, 0.3) is 0 Å². The van der Waals surface area contributed by atoms with Gasteiger partial charge in [0, 0.05) is 15.7 Å². The van der Waals surface area contributed by atoms with Crippen molar-refractivity contribution in [1.82, 2.24) is 0 Å². The number of rotatable bonds is 5. The second-order valence-electron chi connectivity index (χ2n) is 4.49. The summed E-state index contributed by atoms with van der Waals surface area (Å²) in [7, 11) is 3.33. The molecule has 0 spiro atoms. The lowest BCUT2D eigenvalue weighted by atomic mass is 9.99. The van der Waals surface area contributed by atoms with Gasteiger partial charge >= 0.3 is 0 Å². The molecule has 0 N–H and O–H groups in total. The fourth-order valence-electron chi connectivity index (χ4n) is 2.10. The highest BCUT2D eigenvalue weighted by Gasteiger charge is 2.13. The topological polar surface area (TPSA) is 18.5 Å². The van der Waals surface area contributed by atoms with E-state index >= 15 is 0 Å². The molecule has 0 amide bonds. The second kappa shape index (κ2) is 6.11. The summed E-state index contributed by atoms with van der Waals surface area (Å²) >= 11 is 1.89. The van der Waals surface area contributed by atoms with Crippen LogP contribution in [-0.4, -0.2) is 14.2 Å². The SMILES string of the molecule is CCc1ccc(C(C)c2ccc(OC)c(OC)c2)s1. The van der Waals surface area contributed by atoms with Crippen molar-refractivity contribution in [2.24, 2.45) is 0 Å². The molecule has 2 nitrogen and oxygen atoms in total. The Hall–Kier alpha value is -1.48. The predicted molar refractivity (Wildman–Crippen MR) is 80.8 cm³/mol. The molecule has 3 heteroatoms. The fourth-order valence-corrected chi connectivity index (χ4v) is 3.14. The Morgan fingerprint density at radius 1 is 1.05 bits per heavy atom. The van der Waals surface area contributed by atoms with Gasteiger partial charge in [0.2, 0.25) is 0 Å². The predicted octanol–water partition coefficient (Wildman–Crippen LogP) is 4.48. The van der Waals surface area contributed by atoms with E-state index in [0.717, 1.165) is 17.9 Å². The van der Waals surface area contributed by atoms with Gasteiger partial charge in [-0.2, -0.15) is 0 Å². The number of hydrogen-bond donors (Lipinski definition) is 0. The number of thiophene rings is 1. The summed E-state index contributed by atoms with van der Waals surface area (Å²) in [5.74, 6) is 1.95. The zero-order chi connectivity index (χ0) is 13.8. The molecule has 19 heavy (non-hydrogen) atoms. The van der Waals surface area contributed by atoms with Gasteiger partial charge in [0.1, 0.15) is 0 Å². The fraction of sp³-hybridized carbons (Fsp3) is 0.375. The first-order valence-electron chi connectivity index (χ1n) is 6.50. The van der Waals surface area contributed by atoms with Gasteiger partial charge in [0.15, 0.2) is 11.5 Å². The lowest BCUT2D eigenvalue weighted by molar-refractivity contribution is 0.354. The van der Waals surface area contributed by atoms with Gasteiger partial charge in [-0.05, 0) is 36.2 Å². The summed E-state index contributed by atoms with van der Waals surface area (Å²) in [6.45, 7) is 4.42. The van der Waals surface area contributed by atoms with E-state index in [0.29, 0.717) is 5.92 Å². The quantitative estimate of drug-likeness (QED) is 0.801. The van der Waals surface area contributed by atoms with Crippen molar-refractivity contribution in [3.05, 3.63) is 45.6 Å². The molecule has 0 aliphatic rings. The van der Waals surface area contributed by atoms with Crippen molar-refractivity contribution in [2.45, 2.75) is 26.2 Å². The minimum atomic E-state index is 0.380. The van der Waals surface area contributed by atoms with Crippen LogP contribution < -0.4 is 9.47 Å². The van der Waals surface area contributed by atoms with Crippen LogP contribution in [0.1, 0.15) is 35.1 Å². The number of benzene rings is 1. The summed E-state index contributed by atoms with van der Waals surface area (Å²) in [4.78, 5) is 2.83. The van der Waals surface area contributed by atoms with Crippen molar-refractivity contribution in [3.63, 3.8) is 0 Å². The highest BCUT2D eigenvalue weighted by atomic mass is 32.1. The van der Waals surface area contributed by atoms with Crippen LogP contribution in [0.4, 0.5) is 0 Å². The van der Waals surface area contributed by atoms with E-state index in [1.165, 1.54) is 15.3 Å². The standard InChI is InChI=1S/C16H20O2S/c1-5-13-7-9-16(19-13)11(2)12-6-8-14(17-3)15(10-12)18-4/h6-11H,5H2,1-4H3. The molecule has 102 valence electrons. The lowest BCUT2D eigenvalue weighted by Crippen LogP contribution is -1.96. The molecule has 1 heterocycles. The van der Waals surface area contributed by atoms with Gasteiger partial charge in [-0.15, -0.1) is 11.3 Å². The van der Waals surface area contributed by atoms with Crippen LogP contribution in [0.15, 0.2) is 30.3 Å². The van der Waals surface area contributed by atoms with Crippen LogP contribution in [-0.2, 0) is 6.42 Å². The van der Waals surface area contributed by atoms with Crippen molar-refractivity contribution in [3.8, 4) is 11.5 Å². The van der Waals surface area contributed by atoms with Gasteiger partial charge < -0.3 is 9.47 Å². The molecule has 0 radical (unpaired) electrons. The number of hydrogen-bond acceptors (Lipinski definition) is 3. The summed E-state index contributed by atoms with van der Waals surface area (Å²) in [6, 6.07) is 10.6. The van der Waals surface area contributed by atoms with E-state index < -0.39 is 0 Å². The van der Waals surface area contributed by atoms with Crippen molar-refractivity contribution >= 4 is 11.3 Å². The van der Waals surface area contributed by atoms with Crippen molar-refractivity contribution in [2.75, 3.05) is 14.2 Å². The summed E-state index contributed by atoms with van der Waals surface area (Å²) < 4.78 is 10.6. The van der Waals surface area contributed by atoms with E-state index in [1.54, 1.807) is 14.2 Å². The first-order chi connectivity index (χ1) is 9.19. The smallest absolute Gasteiger partial charge is 0.161 e. The Morgan fingerprint density at radius 2 is 1.79 bits per heavy atom. The largest absolute Gasteiger partial charge is 0.493 e. The molecule has 0 saturated heterocycles. The highest BCUT2D eigenvalue weighted by Crippen LogP contribution is 2.35. The zero-order valence-electron chi connectivity index (χ0n) is 11.9. The second-order valence-corrected chi connectivity index (χ2v) is 5.69. The Morgan fingerprint density at radius 3 is 2.37 bits per heavy atom. The molecule has 1 aromatic heterocycles. The normalized spacial score (nSPS) is 12.2. The van der Waals surface area contributed by atoms with Crippen molar-refractivity contribution in [1.29, 1.82) is 0 Å². The zero-order valence-corrected chi connectivity index (χ0v) is 12.7. The third-order valence-corrected chi connectivity index (χ3v) is 4.78. The maximum atomic E-state index is 5.37. The molecule has 1 aromatic carbocycles. The van der Waals surface area contributed by atoms with Crippen molar-refractivity contribution < 1.29 is 9.47 Å². The molecule has 1 unspecified atom stereocenters. The number of methoxy groups -OCH3 is 2.